The van der Waals surface area contributed by atoms with Gasteiger partial charge in [0, 0.05) is 13.6 Å². The minimum Gasteiger partial charge on any atom is -0.336 e. The van der Waals surface area contributed by atoms with Crippen molar-refractivity contribution in [2.24, 2.45) is 0 Å². The molecule has 1 rings (SSSR count). The lowest BCUT2D eigenvalue weighted by Crippen LogP contribution is -2.45. The summed E-state index contributed by atoms with van der Waals surface area (Å²) in [5.74, 6) is -6.93. The van der Waals surface area contributed by atoms with Gasteiger partial charge in [-0.1, -0.05) is 12.1 Å². The fourth-order valence-electron chi connectivity index (χ4n) is 1.49. The molecule has 0 heterocycles. The molecule has 0 spiro atoms. The van der Waals surface area contributed by atoms with Gasteiger partial charge in [-0.3, -0.25) is 4.79 Å². The van der Waals surface area contributed by atoms with Crippen molar-refractivity contribution in [3.8, 4) is 0 Å². The van der Waals surface area contributed by atoms with Crippen molar-refractivity contribution >= 4 is 5.91 Å². The number of carbonyl (C=O) groups excluding carboxylic acids is 1. The standard InChI is InChI=1S/C12H10F7NO/c1-20(10(21)11(15,16)9(13)14)6-7-2-4-8(5-3-7)12(17,18)19/h2-5,9H,6H2,1H3. The van der Waals surface area contributed by atoms with Crippen molar-refractivity contribution in [1.82, 2.24) is 4.90 Å². The summed E-state index contributed by atoms with van der Waals surface area (Å²) in [7, 11) is 0.857. The molecule has 2 nitrogen and oxygen atoms in total. The van der Waals surface area contributed by atoms with Crippen molar-refractivity contribution in [1.29, 1.82) is 0 Å². The molecule has 0 radical (unpaired) electrons. The van der Waals surface area contributed by atoms with Gasteiger partial charge < -0.3 is 4.90 Å². The summed E-state index contributed by atoms with van der Waals surface area (Å²) in [5, 5.41) is 0. The van der Waals surface area contributed by atoms with Crippen LogP contribution in [0.2, 0.25) is 0 Å². The summed E-state index contributed by atoms with van der Waals surface area (Å²) in [6.07, 6.45) is -8.71. The molecule has 118 valence electrons. The molecule has 1 amide bonds. The Hall–Kier alpha value is -1.80. The predicted molar refractivity (Wildman–Crippen MR) is 58.9 cm³/mol. The maximum absolute atomic E-state index is 12.8. The van der Waals surface area contributed by atoms with Crippen LogP contribution >= 0.6 is 0 Å². The van der Waals surface area contributed by atoms with E-state index in [1.807, 2.05) is 0 Å². The van der Waals surface area contributed by atoms with Gasteiger partial charge in [0.1, 0.15) is 0 Å². The summed E-state index contributed by atoms with van der Waals surface area (Å²) >= 11 is 0. The van der Waals surface area contributed by atoms with Crippen LogP contribution in [-0.4, -0.2) is 30.2 Å². The van der Waals surface area contributed by atoms with E-state index in [4.69, 9.17) is 0 Å². The van der Waals surface area contributed by atoms with E-state index in [9.17, 15) is 35.5 Å². The van der Waals surface area contributed by atoms with E-state index in [1.54, 1.807) is 0 Å². The van der Waals surface area contributed by atoms with Crippen LogP contribution in [-0.2, 0) is 17.5 Å². The van der Waals surface area contributed by atoms with Gasteiger partial charge >= 0.3 is 18.5 Å². The summed E-state index contributed by atoms with van der Waals surface area (Å²) in [4.78, 5) is 11.5. The number of hydrogen-bond donors (Lipinski definition) is 0. The average Bonchev–Trinajstić information content (AvgIpc) is 2.37. The molecule has 0 saturated carbocycles. The molecule has 0 aliphatic rings. The molecule has 0 aliphatic carbocycles. The highest BCUT2D eigenvalue weighted by Gasteiger charge is 2.50. The van der Waals surface area contributed by atoms with Gasteiger partial charge in [0.05, 0.1) is 5.56 Å². The molecular formula is C12H10F7NO. The Labute approximate surface area is 115 Å². The molecule has 0 atom stereocenters. The highest BCUT2D eigenvalue weighted by atomic mass is 19.4. The molecule has 0 saturated heterocycles. The largest absolute Gasteiger partial charge is 0.416 e. The Morgan fingerprint density at radius 3 is 1.95 bits per heavy atom. The highest BCUT2D eigenvalue weighted by Crippen LogP contribution is 2.29. The molecule has 0 bridgehead atoms. The highest BCUT2D eigenvalue weighted by molar-refractivity contribution is 5.83. The number of benzene rings is 1. The van der Waals surface area contributed by atoms with E-state index >= 15 is 0 Å². The van der Waals surface area contributed by atoms with Gasteiger partial charge in [-0.25, -0.2) is 8.78 Å². The van der Waals surface area contributed by atoms with E-state index < -0.39 is 36.5 Å². The van der Waals surface area contributed by atoms with Gasteiger partial charge in [0.2, 0.25) is 0 Å². The Morgan fingerprint density at radius 2 is 1.57 bits per heavy atom. The third-order valence-corrected chi connectivity index (χ3v) is 2.61. The minimum absolute atomic E-state index is 0.101. The van der Waals surface area contributed by atoms with Crippen LogP contribution in [0.3, 0.4) is 0 Å². The van der Waals surface area contributed by atoms with E-state index in [1.165, 1.54) is 0 Å². The molecular weight excluding hydrogens is 307 g/mol. The number of halogens is 7. The first-order chi connectivity index (χ1) is 9.46. The summed E-state index contributed by atoms with van der Waals surface area (Å²) in [6.45, 7) is -0.515. The van der Waals surface area contributed by atoms with Crippen molar-refractivity contribution < 1.29 is 35.5 Å². The lowest BCUT2D eigenvalue weighted by molar-refractivity contribution is -0.179. The molecule has 1 aromatic rings. The number of alkyl halides is 7. The minimum atomic E-state index is -4.83. The number of nitrogens with zero attached hydrogens (tertiary/aromatic N) is 1. The maximum Gasteiger partial charge on any atom is 0.416 e. The molecule has 21 heavy (non-hydrogen) atoms. The summed E-state index contributed by atoms with van der Waals surface area (Å²) < 4.78 is 86.6. The lowest BCUT2D eigenvalue weighted by Gasteiger charge is -2.23. The van der Waals surface area contributed by atoms with Gasteiger partial charge in [0.25, 0.3) is 5.91 Å². The van der Waals surface area contributed by atoms with E-state index in [2.05, 4.69) is 0 Å². The Balaban J connectivity index is 2.80. The van der Waals surface area contributed by atoms with Crippen LogP contribution in [0.15, 0.2) is 24.3 Å². The maximum atomic E-state index is 12.8. The second-order valence-corrected chi connectivity index (χ2v) is 4.28. The summed E-state index contributed by atoms with van der Waals surface area (Å²) in [5.41, 5.74) is -0.845. The number of carbonyl (C=O) groups is 1. The van der Waals surface area contributed by atoms with E-state index in [0.717, 1.165) is 19.2 Å². The van der Waals surface area contributed by atoms with Crippen LogP contribution in [0.4, 0.5) is 30.7 Å². The molecule has 1 aromatic carbocycles. The van der Waals surface area contributed by atoms with Crippen LogP contribution in [0.5, 0.6) is 0 Å². The quantitative estimate of drug-likeness (QED) is 0.778. The Morgan fingerprint density at radius 1 is 1.10 bits per heavy atom. The van der Waals surface area contributed by atoms with Crippen LogP contribution in [0.1, 0.15) is 11.1 Å². The zero-order valence-electron chi connectivity index (χ0n) is 10.6. The number of rotatable bonds is 4. The van der Waals surface area contributed by atoms with Crippen molar-refractivity contribution in [2.45, 2.75) is 25.1 Å². The monoisotopic (exact) mass is 317 g/mol. The zero-order chi connectivity index (χ0) is 16.4. The van der Waals surface area contributed by atoms with Gasteiger partial charge in [-0.15, -0.1) is 0 Å². The zero-order valence-corrected chi connectivity index (χ0v) is 10.6. The Bertz CT molecular complexity index is 495. The molecule has 0 N–H and O–H groups in total. The predicted octanol–water partition coefficient (Wildman–Crippen LogP) is 3.56. The molecule has 0 aliphatic heterocycles. The number of amides is 1. The molecule has 0 fully saturated rings. The first-order valence-corrected chi connectivity index (χ1v) is 5.54. The molecule has 9 heteroatoms. The van der Waals surface area contributed by atoms with Gasteiger partial charge in [-0.05, 0) is 17.7 Å². The normalized spacial score (nSPS) is 12.6. The smallest absolute Gasteiger partial charge is 0.336 e. The van der Waals surface area contributed by atoms with Crippen LogP contribution in [0, 0.1) is 0 Å². The average molecular weight is 317 g/mol. The fraction of sp³-hybridized carbons (Fsp3) is 0.417. The molecule has 0 aromatic heterocycles. The van der Waals surface area contributed by atoms with E-state index in [-0.39, 0.29) is 5.56 Å². The van der Waals surface area contributed by atoms with Crippen molar-refractivity contribution in [3.63, 3.8) is 0 Å². The van der Waals surface area contributed by atoms with Crippen molar-refractivity contribution in [2.75, 3.05) is 7.05 Å². The topological polar surface area (TPSA) is 20.3 Å². The van der Waals surface area contributed by atoms with Gasteiger partial charge in [0.15, 0.2) is 0 Å². The van der Waals surface area contributed by atoms with Crippen LogP contribution in [0.25, 0.3) is 0 Å². The third-order valence-electron chi connectivity index (χ3n) is 2.61. The number of hydrogen-bond acceptors (Lipinski definition) is 1. The fourth-order valence-corrected chi connectivity index (χ4v) is 1.49. The second-order valence-electron chi connectivity index (χ2n) is 4.28. The molecule has 0 unspecified atom stereocenters. The van der Waals surface area contributed by atoms with Gasteiger partial charge in [-0.2, -0.15) is 22.0 Å². The Kier molecular flexibility index (Phi) is 4.85. The lowest BCUT2D eigenvalue weighted by atomic mass is 10.1. The van der Waals surface area contributed by atoms with Crippen LogP contribution < -0.4 is 0 Å². The third kappa shape index (κ3) is 4.08. The SMILES string of the molecule is CN(Cc1ccc(C(F)(F)F)cc1)C(=O)C(F)(F)C(F)F. The first kappa shape index (κ1) is 17.3. The van der Waals surface area contributed by atoms with E-state index in [0.29, 0.717) is 17.0 Å². The summed E-state index contributed by atoms with van der Waals surface area (Å²) in [6, 6.07) is 3.37. The second kappa shape index (κ2) is 5.90. The van der Waals surface area contributed by atoms with Crippen molar-refractivity contribution in [3.05, 3.63) is 35.4 Å². The first-order valence-electron chi connectivity index (χ1n) is 5.54.